The molecule has 0 radical (unpaired) electrons. The number of carbonyl (C=O) groups is 2. The summed E-state index contributed by atoms with van der Waals surface area (Å²) in [6.45, 7) is 0.834. The lowest BCUT2D eigenvalue weighted by molar-refractivity contribution is 0.0119. The van der Waals surface area contributed by atoms with Crippen LogP contribution in [-0.4, -0.2) is 64.9 Å². The highest BCUT2D eigenvalue weighted by Crippen LogP contribution is 2.39. The summed E-state index contributed by atoms with van der Waals surface area (Å²) in [6, 6.07) is 8.02. The van der Waals surface area contributed by atoms with Crippen molar-refractivity contribution in [3.8, 4) is 0 Å². The van der Waals surface area contributed by atoms with Crippen molar-refractivity contribution in [3.05, 3.63) is 42.2 Å². The molecular weight excluding hydrogens is 406 g/mol. The molecule has 2 fully saturated rings. The molecule has 2 aromatic rings. The van der Waals surface area contributed by atoms with Crippen LogP contribution in [0.25, 0.3) is 0 Å². The van der Waals surface area contributed by atoms with Gasteiger partial charge in [0.15, 0.2) is 5.82 Å². The predicted octanol–water partition coefficient (Wildman–Crippen LogP) is 3.22. The molecule has 1 N–H and O–H groups in total. The number of carbonyl (C=O) groups excluding carboxylic acids is 2. The number of likely N-dealkylation sites (tertiary alicyclic amines) is 1. The van der Waals surface area contributed by atoms with Gasteiger partial charge in [0.1, 0.15) is 11.5 Å². The van der Waals surface area contributed by atoms with E-state index in [1.807, 2.05) is 0 Å². The van der Waals surface area contributed by atoms with E-state index in [1.54, 1.807) is 41.4 Å². The first-order chi connectivity index (χ1) is 14.4. The SMILES string of the molecule is C.O=C(c1ccc2c(n1)N(C(=O)Nc1ccccn1)C1CCN2C1)N1CCC(F)(F)C1. The Balaban J connectivity index is 0.00000231. The summed E-state index contributed by atoms with van der Waals surface area (Å²) in [7, 11) is 0. The summed E-state index contributed by atoms with van der Waals surface area (Å²) >= 11 is 0. The highest BCUT2D eigenvalue weighted by atomic mass is 19.3. The minimum Gasteiger partial charge on any atom is -0.366 e. The predicted molar refractivity (Wildman–Crippen MR) is 113 cm³/mol. The van der Waals surface area contributed by atoms with Crippen molar-refractivity contribution < 1.29 is 18.4 Å². The zero-order chi connectivity index (χ0) is 20.9. The number of amides is 3. The van der Waals surface area contributed by atoms with Crippen molar-refractivity contribution >= 4 is 29.3 Å². The number of urea groups is 1. The molecule has 0 aliphatic carbocycles. The van der Waals surface area contributed by atoms with E-state index in [2.05, 4.69) is 20.2 Å². The highest BCUT2D eigenvalue weighted by Gasteiger charge is 2.43. The van der Waals surface area contributed by atoms with Crippen molar-refractivity contribution in [1.29, 1.82) is 0 Å². The molecule has 0 saturated carbocycles. The molecule has 164 valence electrons. The maximum atomic E-state index is 13.5. The molecule has 0 aromatic carbocycles. The molecule has 0 spiro atoms. The first-order valence-corrected chi connectivity index (χ1v) is 9.86. The summed E-state index contributed by atoms with van der Waals surface area (Å²) in [5, 5.41) is 2.77. The Morgan fingerprint density at radius 1 is 1.16 bits per heavy atom. The Labute approximate surface area is 178 Å². The number of rotatable bonds is 2. The third-order valence-electron chi connectivity index (χ3n) is 5.75. The summed E-state index contributed by atoms with van der Waals surface area (Å²) in [4.78, 5) is 39.2. The van der Waals surface area contributed by atoms with Gasteiger partial charge in [0.25, 0.3) is 11.8 Å². The lowest BCUT2D eigenvalue weighted by atomic mass is 10.1. The number of alkyl halides is 2. The normalized spacial score (nSPS) is 20.8. The molecule has 2 bridgehead atoms. The van der Waals surface area contributed by atoms with Crippen LogP contribution in [0.5, 0.6) is 0 Å². The third kappa shape index (κ3) is 3.77. The van der Waals surface area contributed by atoms with Gasteiger partial charge in [0.2, 0.25) is 0 Å². The molecule has 2 aromatic heterocycles. The molecule has 5 rings (SSSR count). The number of halogens is 2. The fraction of sp³-hybridized carbons (Fsp3) is 0.429. The third-order valence-corrected chi connectivity index (χ3v) is 5.75. The molecule has 1 unspecified atom stereocenters. The van der Waals surface area contributed by atoms with E-state index in [4.69, 9.17) is 0 Å². The summed E-state index contributed by atoms with van der Waals surface area (Å²) < 4.78 is 27.1. The molecule has 8 nitrogen and oxygen atoms in total. The van der Waals surface area contributed by atoms with E-state index in [9.17, 15) is 18.4 Å². The van der Waals surface area contributed by atoms with Crippen molar-refractivity contribution in [1.82, 2.24) is 14.9 Å². The average molecular weight is 430 g/mol. The van der Waals surface area contributed by atoms with Crippen molar-refractivity contribution in [2.24, 2.45) is 0 Å². The van der Waals surface area contributed by atoms with E-state index in [0.717, 1.165) is 23.6 Å². The van der Waals surface area contributed by atoms with E-state index in [1.165, 1.54) is 0 Å². The maximum absolute atomic E-state index is 13.5. The van der Waals surface area contributed by atoms with Gasteiger partial charge < -0.3 is 9.80 Å². The smallest absolute Gasteiger partial charge is 0.329 e. The Morgan fingerprint density at radius 2 is 2.00 bits per heavy atom. The van der Waals surface area contributed by atoms with Crippen LogP contribution in [0, 0.1) is 0 Å². The topological polar surface area (TPSA) is 81.7 Å². The molecule has 5 heterocycles. The summed E-state index contributed by atoms with van der Waals surface area (Å²) in [6.07, 6.45) is 2.00. The fourth-order valence-corrected chi connectivity index (χ4v) is 4.27. The van der Waals surface area contributed by atoms with Crippen LogP contribution in [-0.2, 0) is 0 Å². The minimum atomic E-state index is -2.87. The van der Waals surface area contributed by atoms with Crippen molar-refractivity contribution in [3.63, 3.8) is 0 Å². The lowest BCUT2D eigenvalue weighted by Crippen LogP contribution is -2.48. The molecule has 1 atom stereocenters. The quantitative estimate of drug-likeness (QED) is 0.791. The fourth-order valence-electron chi connectivity index (χ4n) is 4.27. The molecular formula is C21H24F2N6O2. The number of anilines is 3. The Bertz CT molecular complexity index is 1000. The Kier molecular flexibility index (Phi) is 5.24. The standard InChI is InChI=1S/C20H20F2N6O2.CH4/c21-20(22)7-10-27(12-20)18(29)14-4-5-15-17(24-14)28(13-6-9-26(15)11-13)19(30)25-16-3-1-2-8-23-16;/h1-5,8,13H,6-7,9-12H2,(H,23,25,30);1H4. The monoisotopic (exact) mass is 430 g/mol. The van der Waals surface area contributed by atoms with Gasteiger partial charge in [-0.2, -0.15) is 0 Å². The Morgan fingerprint density at radius 3 is 2.71 bits per heavy atom. The molecule has 31 heavy (non-hydrogen) atoms. The van der Waals surface area contributed by atoms with Gasteiger partial charge in [-0.25, -0.2) is 23.5 Å². The van der Waals surface area contributed by atoms with Crippen molar-refractivity contribution in [2.75, 3.05) is 41.3 Å². The summed E-state index contributed by atoms with van der Waals surface area (Å²) in [5.74, 6) is -2.64. The molecule has 10 heteroatoms. The van der Waals surface area contributed by atoms with Crippen LogP contribution in [0.1, 0.15) is 30.8 Å². The first kappa shape index (κ1) is 21.0. The highest BCUT2D eigenvalue weighted by molar-refractivity contribution is 6.05. The molecule has 2 saturated heterocycles. The molecule has 3 aliphatic heterocycles. The molecule has 3 amide bonds. The largest absolute Gasteiger partial charge is 0.366 e. The van der Waals surface area contributed by atoms with Gasteiger partial charge in [-0.05, 0) is 30.7 Å². The second kappa shape index (κ2) is 7.75. The van der Waals surface area contributed by atoms with Crippen LogP contribution in [0.4, 0.5) is 30.9 Å². The van der Waals surface area contributed by atoms with Crippen LogP contribution in [0.15, 0.2) is 36.5 Å². The lowest BCUT2D eigenvalue weighted by Gasteiger charge is -2.35. The maximum Gasteiger partial charge on any atom is 0.329 e. The van der Waals surface area contributed by atoms with Gasteiger partial charge in [0.05, 0.1) is 18.3 Å². The zero-order valence-corrected chi connectivity index (χ0v) is 16.1. The van der Waals surface area contributed by atoms with Crippen LogP contribution in [0.3, 0.4) is 0 Å². The van der Waals surface area contributed by atoms with Crippen LogP contribution in [0.2, 0.25) is 0 Å². The number of aromatic nitrogens is 2. The van der Waals surface area contributed by atoms with E-state index < -0.39 is 18.4 Å². The van der Waals surface area contributed by atoms with E-state index in [0.29, 0.717) is 18.2 Å². The number of hydrogen-bond donors (Lipinski definition) is 1. The number of nitrogens with one attached hydrogen (secondary N) is 1. The number of fused-ring (bicyclic) bond motifs is 4. The summed E-state index contributed by atoms with van der Waals surface area (Å²) in [5.41, 5.74) is 0.813. The number of pyridine rings is 2. The Hall–Kier alpha value is -3.30. The second-order valence-corrected chi connectivity index (χ2v) is 7.78. The number of hydrogen-bond acceptors (Lipinski definition) is 5. The van der Waals surface area contributed by atoms with Gasteiger partial charge >= 0.3 is 6.03 Å². The van der Waals surface area contributed by atoms with Gasteiger partial charge in [-0.3, -0.25) is 15.0 Å². The molecule has 3 aliphatic rings. The van der Waals surface area contributed by atoms with E-state index in [-0.39, 0.29) is 38.2 Å². The average Bonchev–Trinajstić information content (AvgIpc) is 3.31. The first-order valence-electron chi connectivity index (χ1n) is 9.86. The second-order valence-electron chi connectivity index (χ2n) is 7.78. The van der Waals surface area contributed by atoms with Gasteiger partial charge in [-0.15, -0.1) is 0 Å². The van der Waals surface area contributed by atoms with Crippen LogP contribution >= 0.6 is 0 Å². The van der Waals surface area contributed by atoms with Crippen molar-refractivity contribution in [2.45, 2.75) is 32.2 Å². The van der Waals surface area contributed by atoms with Crippen LogP contribution < -0.4 is 15.1 Å². The van der Waals surface area contributed by atoms with Gasteiger partial charge in [0, 0.05) is 32.3 Å². The zero-order valence-electron chi connectivity index (χ0n) is 16.1. The minimum absolute atomic E-state index is 0. The van der Waals surface area contributed by atoms with E-state index >= 15 is 0 Å². The number of nitrogens with zero attached hydrogens (tertiary/aromatic N) is 5. The van der Waals surface area contributed by atoms with Gasteiger partial charge in [-0.1, -0.05) is 13.5 Å².